The zero-order valence-electron chi connectivity index (χ0n) is 14.6. The average Bonchev–Trinajstić information content (AvgIpc) is 3.02. The molecule has 1 aliphatic heterocycles. The minimum Gasteiger partial charge on any atom is -0.396 e. The van der Waals surface area contributed by atoms with Crippen LogP contribution in [0.5, 0.6) is 0 Å². The Balaban J connectivity index is 1.72. The number of hydrogen-bond donors (Lipinski definition) is 1. The number of hydrogen-bond acceptors (Lipinski definition) is 5. The first-order valence-corrected chi connectivity index (χ1v) is 8.43. The maximum atomic E-state index is 12.7. The first-order valence-electron chi connectivity index (χ1n) is 8.43. The van der Waals surface area contributed by atoms with Crippen molar-refractivity contribution in [3.63, 3.8) is 0 Å². The van der Waals surface area contributed by atoms with Crippen molar-refractivity contribution in [2.24, 2.45) is 10.9 Å². The van der Waals surface area contributed by atoms with Gasteiger partial charge in [0.15, 0.2) is 0 Å². The van der Waals surface area contributed by atoms with Gasteiger partial charge in [0.1, 0.15) is 5.78 Å². The molecule has 0 saturated heterocycles. The summed E-state index contributed by atoms with van der Waals surface area (Å²) < 4.78 is 38.1. The number of halogens is 3. The molecule has 1 unspecified atom stereocenters. The third-order valence-electron chi connectivity index (χ3n) is 4.41. The zero-order chi connectivity index (χ0) is 19.6. The van der Waals surface area contributed by atoms with Crippen LogP contribution in [0.25, 0.3) is 0 Å². The van der Waals surface area contributed by atoms with Crippen molar-refractivity contribution in [3.05, 3.63) is 58.7 Å². The SMILES string of the molecule is Cc1cc(C2=NCc3cc(CC(=O)CC(CO)C(F)(F)F)ncc32)ccn1. The Hall–Kier alpha value is -2.61. The third-order valence-corrected chi connectivity index (χ3v) is 4.41. The summed E-state index contributed by atoms with van der Waals surface area (Å²) in [5.74, 6) is -2.65. The molecule has 5 nitrogen and oxygen atoms in total. The summed E-state index contributed by atoms with van der Waals surface area (Å²) in [4.78, 5) is 24.9. The highest BCUT2D eigenvalue weighted by Gasteiger charge is 2.40. The van der Waals surface area contributed by atoms with Crippen molar-refractivity contribution in [1.29, 1.82) is 0 Å². The van der Waals surface area contributed by atoms with E-state index in [1.165, 1.54) is 0 Å². The van der Waals surface area contributed by atoms with Gasteiger partial charge in [-0.05, 0) is 30.7 Å². The Morgan fingerprint density at radius 1 is 1.30 bits per heavy atom. The maximum Gasteiger partial charge on any atom is 0.394 e. The molecule has 1 N–H and O–H groups in total. The van der Waals surface area contributed by atoms with Crippen LogP contribution in [0.4, 0.5) is 13.2 Å². The molecule has 0 spiro atoms. The molecule has 1 aliphatic rings. The number of fused-ring (bicyclic) bond motifs is 1. The number of ketones is 1. The maximum absolute atomic E-state index is 12.7. The summed E-state index contributed by atoms with van der Waals surface area (Å²) in [7, 11) is 0. The Bertz CT molecular complexity index is 894. The fourth-order valence-electron chi connectivity index (χ4n) is 3.01. The molecule has 2 aromatic rings. The van der Waals surface area contributed by atoms with Crippen LogP contribution in [-0.2, 0) is 17.8 Å². The number of aliphatic hydroxyl groups excluding tert-OH is 1. The number of aliphatic imine (C=N–C) groups is 1. The van der Waals surface area contributed by atoms with Gasteiger partial charge in [-0.25, -0.2) is 0 Å². The number of carbonyl (C=O) groups excluding carboxylic acids is 1. The van der Waals surface area contributed by atoms with Gasteiger partial charge in [0.2, 0.25) is 0 Å². The number of alkyl halides is 3. The molecule has 0 aliphatic carbocycles. The number of carbonyl (C=O) groups is 1. The van der Waals surface area contributed by atoms with Gasteiger partial charge < -0.3 is 5.11 Å². The molecule has 27 heavy (non-hydrogen) atoms. The summed E-state index contributed by atoms with van der Waals surface area (Å²) in [6.07, 6.45) is -2.25. The van der Waals surface area contributed by atoms with E-state index in [2.05, 4.69) is 15.0 Å². The highest BCUT2D eigenvalue weighted by molar-refractivity contribution is 6.15. The monoisotopic (exact) mass is 377 g/mol. The van der Waals surface area contributed by atoms with E-state index < -0.39 is 30.9 Å². The Labute approximate surface area is 154 Å². The van der Waals surface area contributed by atoms with Crippen LogP contribution in [-0.4, -0.2) is 39.4 Å². The average molecular weight is 377 g/mol. The van der Waals surface area contributed by atoms with Gasteiger partial charge in [-0.3, -0.25) is 19.8 Å². The van der Waals surface area contributed by atoms with E-state index in [1.54, 1.807) is 18.5 Å². The molecular formula is C19H18F3N3O2. The molecule has 2 aromatic heterocycles. The van der Waals surface area contributed by atoms with Crippen molar-refractivity contribution in [2.45, 2.75) is 32.5 Å². The number of aryl methyl sites for hydroxylation is 1. The van der Waals surface area contributed by atoms with Gasteiger partial charge >= 0.3 is 6.18 Å². The molecular weight excluding hydrogens is 359 g/mol. The highest BCUT2D eigenvalue weighted by Crippen LogP contribution is 2.29. The summed E-state index contributed by atoms with van der Waals surface area (Å²) >= 11 is 0. The van der Waals surface area contributed by atoms with Gasteiger partial charge in [-0.15, -0.1) is 0 Å². The molecule has 8 heteroatoms. The van der Waals surface area contributed by atoms with Crippen LogP contribution in [0, 0.1) is 12.8 Å². The number of rotatable bonds is 6. The smallest absolute Gasteiger partial charge is 0.394 e. The summed E-state index contributed by atoms with van der Waals surface area (Å²) in [6.45, 7) is 1.21. The Kier molecular flexibility index (Phi) is 5.36. The van der Waals surface area contributed by atoms with Gasteiger partial charge in [0, 0.05) is 47.8 Å². The quantitative estimate of drug-likeness (QED) is 0.840. The molecule has 0 aromatic carbocycles. The lowest BCUT2D eigenvalue weighted by atomic mass is 9.98. The molecule has 3 rings (SSSR count). The lowest BCUT2D eigenvalue weighted by Crippen LogP contribution is -2.29. The van der Waals surface area contributed by atoms with E-state index in [0.29, 0.717) is 12.2 Å². The first kappa shape index (κ1) is 19.2. The predicted molar refractivity (Wildman–Crippen MR) is 92.5 cm³/mol. The van der Waals surface area contributed by atoms with Crippen molar-refractivity contribution in [2.75, 3.05) is 6.61 Å². The summed E-state index contributed by atoms with van der Waals surface area (Å²) in [5, 5.41) is 8.85. The minimum absolute atomic E-state index is 0.205. The number of pyridine rings is 2. The van der Waals surface area contributed by atoms with Crippen LogP contribution in [0.15, 0.2) is 35.6 Å². The van der Waals surface area contributed by atoms with E-state index in [4.69, 9.17) is 5.11 Å². The minimum atomic E-state index is -4.60. The van der Waals surface area contributed by atoms with Crippen molar-refractivity contribution < 1.29 is 23.1 Å². The van der Waals surface area contributed by atoms with E-state index in [9.17, 15) is 18.0 Å². The molecule has 1 atom stereocenters. The molecule has 0 saturated carbocycles. The molecule has 0 radical (unpaired) electrons. The molecule has 0 bridgehead atoms. The van der Waals surface area contributed by atoms with Crippen LogP contribution in [0.3, 0.4) is 0 Å². The first-order chi connectivity index (χ1) is 12.8. The lowest BCUT2D eigenvalue weighted by molar-refractivity contribution is -0.186. The van der Waals surface area contributed by atoms with E-state index in [1.807, 2.05) is 19.1 Å². The molecule has 0 fully saturated rings. The van der Waals surface area contributed by atoms with E-state index in [-0.39, 0.29) is 6.42 Å². The second-order valence-electron chi connectivity index (χ2n) is 6.52. The zero-order valence-corrected chi connectivity index (χ0v) is 14.6. The topological polar surface area (TPSA) is 75.4 Å². The summed E-state index contributed by atoms with van der Waals surface area (Å²) in [5.41, 5.74) is 4.70. The summed E-state index contributed by atoms with van der Waals surface area (Å²) in [6, 6.07) is 5.47. The van der Waals surface area contributed by atoms with E-state index >= 15 is 0 Å². The van der Waals surface area contributed by atoms with Gasteiger partial charge in [0.05, 0.1) is 24.8 Å². The Morgan fingerprint density at radius 3 is 2.74 bits per heavy atom. The van der Waals surface area contributed by atoms with Crippen LogP contribution >= 0.6 is 0 Å². The number of aliphatic hydroxyl groups is 1. The second kappa shape index (κ2) is 7.56. The fourth-order valence-corrected chi connectivity index (χ4v) is 3.01. The largest absolute Gasteiger partial charge is 0.396 e. The van der Waals surface area contributed by atoms with Gasteiger partial charge in [0.25, 0.3) is 0 Å². The van der Waals surface area contributed by atoms with Crippen molar-refractivity contribution >= 4 is 11.5 Å². The number of Topliss-reactive ketones (excluding diaryl/α,β-unsaturated/α-hetero) is 1. The van der Waals surface area contributed by atoms with Crippen molar-refractivity contribution in [1.82, 2.24) is 9.97 Å². The van der Waals surface area contributed by atoms with Crippen LogP contribution < -0.4 is 0 Å². The predicted octanol–water partition coefficient (Wildman–Crippen LogP) is 2.81. The molecule has 142 valence electrons. The lowest BCUT2D eigenvalue weighted by Gasteiger charge is -2.16. The van der Waals surface area contributed by atoms with E-state index in [0.717, 1.165) is 28.1 Å². The number of aromatic nitrogens is 2. The van der Waals surface area contributed by atoms with Gasteiger partial charge in [-0.2, -0.15) is 13.2 Å². The van der Waals surface area contributed by atoms with Crippen LogP contribution in [0.1, 0.15) is 34.5 Å². The van der Waals surface area contributed by atoms with Crippen LogP contribution in [0.2, 0.25) is 0 Å². The van der Waals surface area contributed by atoms with Gasteiger partial charge in [-0.1, -0.05) is 0 Å². The normalized spacial score (nSPS) is 14.6. The second-order valence-corrected chi connectivity index (χ2v) is 6.52. The fraction of sp³-hybridized carbons (Fsp3) is 0.368. The highest BCUT2D eigenvalue weighted by atomic mass is 19.4. The number of nitrogens with zero attached hydrogens (tertiary/aromatic N) is 3. The Morgan fingerprint density at radius 2 is 2.07 bits per heavy atom. The standard InChI is InChI=1S/C19H18F3N3O2/c1-11-4-12(2-3-23-11)18-17-9-24-15(5-13(17)8-25-18)7-16(27)6-14(10-26)19(20,21)22/h2-5,9,14,26H,6-8,10H2,1H3. The molecule has 3 heterocycles. The molecule has 0 amide bonds. The van der Waals surface area contributed by atoms with Crippen molar-refractivity contribution in [3.8, 4) is 0 Å². The third kappa shape index (κ3) is 4.39.